The number of nitrogens with zero attached hydrogens (tertiary/aromatic N) is 3. The SMILES string of the molecule is COc1ccc(F)cc1C1=CCCN(C(=O)C=Cc2ccc(NC(=O)c3cncc(C)c3)nc2)CC1. The van der Waals surface area contributed by atoms with Gasteiger partial charge in [-0.25, -0.2) is 9.37 Å². The lowest BCUT2D eigenvalue weighted by atomic mass is 10.0. The molecule has 0 fully saturated rings. The minimum absolute atomic E-state index is 0.111. The fraction of sp³-hybridized carbons (Fsp3) is 0.214. The maximum atomic E-state index is 13.8. The Morgan fingerprint density at radius 2 is 1.97 bits per heavy atom. The summed E-state index contributed by atoms with van der Waals surface area (Å²) in [5, 5.41) is 2.74. The van der Waals surface area contributed by atoms with Gasteiger partial charge in [-0.3, -0.25) is 14.6 Å². The highest BCUT2D eigenvalue weighted by Gasteiger charge is 2.17. The lowest BCUT2D eigenvalue weighted by Gasteiger charge is -2.19. The number of aryl methyl sites for hydroxylation is 1. The van der Waals surface area contributed by atoms with E-state index in [4.69, 9.17) is 4.74 Å². The first-order chi connectivity index (χ1) is 17.4. The summed E-state index contributed by atoms with van der Waals surface area (Å²) in [6.45, 7) is 2.96. The summed E-state index contributed by atoms with van der Waals surface area (Å²) < 4.78 is 19.2. The van der Waals surface area contributed by atoms with Crippen LogP contribution in [0.15, 0.2) is 67.1 Å². The predicted molar refractivity (Wildman–Crippen MR) is 137 cm³/mol. The molecule has 0 aliphatic carbocycles. The van der Waals surface area contributed by atoms with E-state index in [1.165, 1.54) is 24.4 Å². The van der Waals surface area contributed by atoms with Crippen LogP contribution >= 0.6 is 0 Å². The molecule has 0 atom stereocenters. The molecule has 3 heterocycles. The molecule has 4 rings (SSSR count). The molecule has 1 aromatic carbocycles. The van der Waals surface area contributed by atoms with Gasteiger partial charge in [-0.15, -0.1) is 0 Å². The number of carbonyl (C=O) groups excluding carboxylic acids is 2. The Balaban J connectivity index is 1.34. The number of methoxy groups -OCH3 is 1. The normalized spacial score (nSPS) is 13.8. The fourth-order valence-corrected chi connectivity index (χ4v) is 3.98. The molecule has 0 saturated carbocycles. The van der Waals surface area contributed by atoms with Crippen molar-refractivity contribution >= 4 is 29.3 Å². The van der Waals surface area contributed by atoms with E-state index in [0.29, 0.717) is 43.1 Å². The number of halogens is 1. The van der Waals surface area contributed by atoms with Crippen molar-refractivity contribution in [1.29, 1.82) is 0 Å². The van der Waals surface area contributed by atoms with E-state index >= 15 is 0 Å². The number of aromatic nitrogens is 2. The van der Waals surface area contributed by atoms with Crippen LogP contribution in [0.3, 0.4) is 0 Å². The van der Waals surface area contributed by atoms with Crippen LogP contribution in [0.5, 0.6) is 5.75 Å². The predicted octanol–water partition coefficient (Wildman–Crippen LogP) is 4.90. The van der Waals surface area contributed by atoms with E-state index < -0.39 is 0 Å². The van der Waals surface area contributed by atoms with E-state index in [1.807, 2.05) is 13.0 Å². The van der Waals surface area contributed by atoms with E-state index in [9.17, 15) is 14.0 Å². The Hall–Kier alpha value is -4.33. The minimum atomic E-state index is -0.321. The highest BCUT2D eigenvalue weighted by atomic mass is 19.1. The molecule has 2 aromatic heterocycles. The first-order valence-corrected chi connectivity index (χ1v) is 11.6. The first kappa shape index (κ1) is 24.8. The van der Waals surface area contributed by atoms with Crippen molar-refractivity contribution < 1.29 is 18.7 Å². The van der Waals surface area contributed by atoms with Crippen molar-refractivity contribution in [2.75, 3.05) is 25.5 Å². The van der Waals surface area contributed by atoms with Gasteiger partial charge in [0.15, 0.2) is 0 Å². The molecule has 7 nitrogen and oxygen atoms in total. The van der Waals surface area contributed by atoms with Crippen LogP contribution in [0.2, 0.25) is 0 Å². The van der Waals surface area contributed by atoms with Gasteiger partial charge in [0.2, 0.25) is 5.91 Å². The standard InChI is InChI=1S/C28H27FN4O3/c1-19-14-22(18-30-16-19)28(35)32-26-9-5-20(17-31-26)6-10-27(34)33-12-3-4-21(11-13-33)24-15-23(29)7-8-25(24)36-2/h4-10,14-18H,3,11-13H2,1-2H3,(H,31,32,35). The Kier molecular flexibility index (Phi) is 7.85. The average Bonchev–Trinajstić information content (AvgIpc) is 3.14. The van der Waals surface area contributed by atoms with Crippen LogP contribution < -0.4 is 10.1 Å². The van der Waals surface area contributed by atoms with Gasteiger partial charge in [0.25, 0.3) is 5.91 Å². The second-order valence-electron chi connectivity index (χ2n) is 8.45. The smallest absolute Gasteiger partial charge is 0.258 e. The molecule has 2 amide bonds. The summed E-state index contributed by atoms with van der Waals surface area (Å²) in [6.07, 6.45) is 11.3. The van der Waals surface area contributed by atoms with E-state index in [-0.39, 0.29) is 17.6 Å². The van der Waals surface area contributed by atoms with Crippen molar-refractivity contribution in [1.82, 2.24) is 14.9 Å². The molecule has 0 saturated heterocycles. The molecule has 0 radical (unpaired) electrons. The lowest BCUT2D eigenvalue weighted by molar-refractivity contribution is -0.125. The lowest BCUT2D eigenvalue weighted by Crippen LogP contribution is -2.30. The Bertz CT molecular complexity index is 1320. The summed E-state index contributed by atoms with van der Waals surface area (Å²) in [7, 11) is 1.56. The van der Waals surface area contributed by atoms with Crippen molar-refractivity contribution in [2.24, 2.45) is 0 Å². The van der Waals surface area contributed by atoms with Crippen LogP contribution in [0.4, 0.5) is 10.2 Å². The van der Waals surface area contributed by atoms with Crippen LogP contribution in [0.1, 0.15) is 39.9 Å². The molecule has 0 unspecified atom stereocenters. The van der Waals surface area contributed by atoms with Gasteiger partial charge in [-0.2, -0.15) is 0 Å². The number of ether oxygens (including phenoxy) is 1. The third-order valence-electron chi connectivity index (χ3n) is 5.84. The molecule has 3 aromatic rings. The summed E-state index contributed by atoms with van der Waals surface area (Å²) >= 11 is 0. The van der Waals surface area contributed by atoms with E-state index in [1.54, 1.807) is 54.7 Å². The maximum absolute atomic E-state index is 13.8. The number of anilines is 1. The van der Waals surface area contributed by atoms with Gasteiger partial charge in [0.05, 0.1) is 12.7 Å². The molecule has 8 heteroatoms. The second kappa shape index (κ2) is 11.4. The molecule has 0 spiro atoms. The monoisotopic (exact) mass is 486 g/mol. The molecular formula is C28H27FN4O3. The minimum Gasteiger partial charge on any atom is -0.496 e. The Morgan fingerprint density at radius 1 is 1.11 bits per heavy atom. The average molecular weight is 487 g/mol. The number of pyridine rings is 2. The number of carbonyl (C=O) groups is 2. The fourth-order valence-electron chi connectivity index (χ4n) is 3.98. The number of benzene rings is 1. The van der Waals surface area contributed by atoms with Gasteiger partial charge >= 0.3 is 0 Å². The zero-order valence-corrected chi connectivity index (χ0v) is 20.2. The van der Waals surface area contributed by atoms with Gasteiger partial charge < -0.3 is 15.0 Å². The first-order valence-electron chi connectivity index (χ1n) is 11.6. The maximum Gasteiger partial charge on any atom is 0.258 e. The van der Waals surface area contributed by atoms with Crippen molar-refractivity contribution in [3.63, 3.8) is 0 Å². The third kappa shape index (κ3) is 6.21. The van der Waals surface area contributed by atoms with Crippen molar-refractivity contribution in [3.8, 4) is 5.75 Å². The number of hydrogen-bond acceptors (Lipinski definition) is 5. The number of nitrogens with one attached hydrogen (secondary N) is 1. The molecule has 1 aliphatic heterocycles. The van der Waals surface area contributed by atoms with Crippen molar-refractivity contribution in [3.05, 3.63) is 95.2 Å². The second-order valence-corrected chi connectivity index (χ2v) is 8.45. The quantitative estimate of drug-likeness (QED) is 0.501. The third-order valence-corrected chi connectivity index (χ3v) is 5.84. The Labute approximate surface area is 209 Å². The molecule has 1 aliphatic rings. The number of rotatable bonds is 6. The summed E-state index contributed by atoms with van der Waals surface area (Å²) in [5.41, 5.74) is 3.77. The van der Waals surface area contributed by atoms with Crippen LogP contribution in [-0.4, -0.2) is 46.9 Å². The summed E-state index contributed by atoms with van der Waals surface area (Å²) in [5.74, 6) is 0.300. The van der Waals surface area contributed by atoms with Gasteiger partial charge in [0.1, 0.15) is 17.4 Å². The molecule has 0 bridgehead atoms. The zero-order valence-electron chi connectivity index (χ0n) is 20.2. The number of hydrogen-bond donors (Lipinski definition) is 1. The van der Waals surface area contributed by atoms with Gasteiger partial charge in [0, 0.05) is 43.3 Å². The molecule has 184 valence electrons. The van der Waals surface area contributed by atoms with Crippen LogP contribution in [-0.2, 0) is 4.79 Å². The zero-order chi connectivity index (χ0) is 25.5. The van der Waals surface area contributed by atoms with Crippen molar-refractivity contribution in [2.45, 2.75) is 19.8 Å². The summed E-state index contributed by atoms with van der Waals surface area (Å²) in [4.78, 5) is 35.2. The largest absolute Gasteiger partial charge is 0.496 e. The van der Waals surface area contributed by atoms with Gasteiger partial charge in [-0.1, -0.05) is 6.08 Å². The van der Waals surface area contributed by atoms with Crippen LogP contribution in [0.25, 0.3) is 11.6 Å². The topological polar surface area (TPSA) is 84.4 Å². The molecular weight excluding hydrogens is 459 g/mol. The van der Waals surface area contributed by atoms with Crippen LogP contribution in [0, 0.1) is 12.7 Å². The highest BCUT2D eigenvalue weighted by molar-refractivity contribution is 6.03. The highest BCUT2D eigenvalue weighted by Crippen LogP contribution is 2.31. The van der Waals surface area contributed by atoms with E-state index in [2.05, 4.69) is 15.3 Å². The number of amides is 2. The van der Waals surface area contributed by atoms with Gasteiger partial charge in [-0.05, 0) is 78.9 Å². The Morgan fingerprint density at radius 3 is 2.72 bits per heavy atom. The molecule has 36 heavy (non-hydrogen) atoms. The molecule has 1 N–H and O–H groups in total. The summed E-state index contributed by atoms with van der Waals surface area (Å²) in [6, 6.07) is 9.67. The van der Waals surface area contributed by atoms with E-state index in [0.717, 1.165) is 22.3 Å².